The molecule has 0 aromatic rings. The van der Waals surface area contributed by atoms with Crippen molar-refractivity contribution in [3.8, 4) is 0 Å². The summed E-state index contributed by atoms with van der Waals surface area (Å²) in [6, 6.07) is 0. The second kappa shape index (κ2) is 63.3. The van der Waals surface area contributed by atoms with Gasteiger partial charge in [0.1, 0.15) is 13.2 Å². The van der Waals surface area contributed by atoms with Gasteiger partial charge < -0.3 is 14.2 Å². The van der Waals surface area contributed by atoms with Gasteiger partial charge in [-0.15, -0.1) is 0 Å². The van der Waals surface area contributed by atoms with Crippen molar-refractivity contribution in [2.75, 3.05) is 13.2 Å². The van der Waals surface area contributed by atoms with E-state index in [1.807, 2.05) is 0 Å². The predicted molar refractivity (Wildman–Crippen MR) is 330 cm³/mol. The van der Waals surface area contributed by atoms with E-state index in [0.717, 1.165) is 141 Å². The van der Waals surface area contributed by atoms with Crippen LogP contribution in [0.2, 0.25) is 0 Å². The van der Waals surface area contributed by atoms with Crippen molar-refractivity contribution in [3.05, 3.63) is 122 Å². The van der Waals surface area contributed by atoms with E-state index >= 15 is 0 Å². The Balaban J connectivity index is 4.31. The van der Waals surface area contributed by atoms with Gasteiger partial charge >= 0.3 is 17.9 Å². The standard InChI is InChI=1S/C70H116O6/c1-4-7-10-13-16-19-22-25-28-29-30-31-32-33-34-35-36-37-38-39-40-41-43-45-48-51-54-57-60-63-69(72)75-66-67(65-74-68(71)62-59-56-53-50-47-44-27-24-21-18-15-12-9-6-3)76-70(73)64-61-58-55-52-49-46-42-26-23-20-17-14-11-8-5-2/h7-8,10-11,16-17,19-20,24-28,30-31,33-34,36-37,42,67H,4-6,9,12-15,18,21-23,29,32,35,38-41,43-66H2,1-3H3/b10-7-,11-8-,19-16-,20-17-,27-24-,28-25-,31-30-,34-33-,37-36-,42-26-. The Morgan fingerprint density at radius 1 is 0.276 bits per heavy atom. The van der Waals surface area contributed by atoms with Crippen LogP contribution >= 0.6 is 0 Å². The molecular weight excluding hydrogens is 937 g/mol. The quantitative estimate of drug-likeness (QED) is 0.0261. The van der Waals surface area contributed by atoms with Crippen LogP contribution in [0.5, 0.6) is 0 Å². The zero-order valence-corrected chi connectivity index (χ0v) is 49.5. The molecule has 432 valence electrons. The zero-order valence-electron chi connectivity index (χ0n) is 49.5. The summed E-state index contributed by atoms with van der Waals surface area (Å²) in [6.07, 6.45) is 87.7. The molecule has 0 saturated carbocycles. The van der Waals surface area contributed by atoms with Gasteiger partial charge in [-0.05, 0) is 128 Å². The first-order valence-electron chi connectivity index (χ1n) is 31.5. The molecule has 76 heavy (non-hydrogen) atoms. The summed E-state index contributed by atoms with van der Waals surface area (Å²) in [5.74, 6) is -0.918. The maximum absolute atomic E-state index is 12.9. The molecule has 0 bridgehead atoms. The fourth-order valence-corrected chi connectivity index (χ4v) is 8.51. The van der Waals surface area contributed by atoms with Crippen molar-refractivity contribution in [3.63, 3.8) is 0 Å². The number of hydrogen-bond donors (Lipinski definition) is 0. The smallest absolute Gasteiger partial charge is 0.306 e. The Morgan fingerprint density at radius 3 is 0.816 bits per heavy atom. The van der Waals surface area contributed by atoms with Crippen molar-refractivity contribution in [1.29, 1.82) is 0 Å². The highest BCUT2D eigenvalue weighted by atomic mass is 16.6. The van der Waals surface area contributed by atoms with E-state index in [0.29, 0.717) is 19.3 Å². The first kappa shape index (κ1) is 71.8. The Hall–Kier alpha value is -4.19. The summed E-state index contributed by atoms with van der Waals surface area (Å²) in [6.45, 7) is 6.39. The summed E-state index contributed by atoms with van der Waals surface area (Å²) >= 11 is 0. The van der Waals surface area contributed by atoms with Gasteiger partial charge in [0.05, 0.1) is 0 Å². The number of ether oxygens (including phenoxy) is 3. The van der Waals surface area contributed by atoms with Gasteiger partial charge in [-0.25, -0.2) is 0 Å². The molecule has 0 aromatic heterocycles. The molecule has 0 N–H and O–H groups in total. The summed E-state index contributed by atoms with van der Waals surface area (Å²) in [5.41, 5.74) is 0. The summed E-state index contributed by atoms with van der Waals surface area (Å²) in [5, 5.41) is 0. The van der Waals surface area contributed by atoms with E-state index in [-0.39, 0.29) is 31.1 Å². The number of carbonyl (C=O) groups is 3. The average molecular weight is 1050 g/mol. The molecule has 0 fully saturated rings. The van der Waals surface area contributed by atoms with Gasteiger partial charge in [-0.1, -0.05) is 258 Å². The molecule has 0 aliphatic rings. The van der Waals surface area contributed by atoms with Gasteiger partial charge in [-0.3, -0.25) is 14.4 Å². The molecule has 1 atom stereocenters. The lowest BCUT2D eigenvalue weighted by atomic mass is 10.1. The van der Waals surface area contributed by atoms with E-state index in [4.69, 9.17) is 14.2 Å². The molecule has 0 heterocycles. The van der Waals surface area contributed by atoms with Gasteiger partial charge in [-0.2, -0.15) is 0 Å². The van der Waals surface area contributed by atoms with Gasteiger partial charge in [0.15, 0.2) is 6.10 Å². The molecule has 0 rings (SSSR count). The maximum atomic E-state index is 12.9. The van der Waals surface area contributed by atoms with Gasteiger partial charge in [0, 0.05) is 19.3 Å². The topological polar surface area (TPSA) is 78.9 Å². The molecule has 0 amide bonds. The fraction of sp³-hybridized carbons (Fsp3) is 0.671. The molecule has 0 radical (unpaired) electrons. The number of esters is 3. The first-order chi connectivity index (χ1) is 37.5. The van der Waals surface area contributed by atoms with Crippen LogP contribution < -0.4 is 0 Å². The SMILES string of the molecule is CC/C=C\C/C=C\C/C=C\C/C=C\C/C=C\C/C=C\CCCCCCCCCCCCC(=O)OCC(COC(=O)CCCCCCC/C=C\CCCCCCC)OC(=O)CCCCCCC/C=C\C/C=C\C/C=C\CC. The van der Waals surface area contributed by atoms with Crippen LogP contribution in [0, 0.1) is 0 Å². The minimum Gasteiger partial charge on any atom is -0.462 e. The van der Waals surface area contributed by atoms with E-state index in [2.05, 4.69) is 142 Å². The van der Waals surface area contributed by atoms with Gasteiger partial charge in [0.2, 0.25) is 0 Å². The molecular formula is C70H116O6. The summed E-state index contributed by atoms with van der Waals surface area (Å²) in [4.78, 5) is 38.3. The summed E-state index contributed by atoms with van der Waals surface area (Å²) in [7, 11) is 0. The van der Waals surface area contributed by atoms with Crippen LogP contribution in [-0.4, -0.2) is 37.2 Å². The lowest BCUT2D eigenvalue weighted by molar-refractivity contribution is -0.167. The van der Waals surface area contributed by atoms with Crippen LogP contribution in [0.25, 0.3) is 0 Å². The first-order valence-corrected chi connectivity index (χ1v) is 31.5. The second-order valence-electron chi connectivity index (χ2n) is 20.5. The third kappa shape index (κ3) is 60.7. The Bertz CT molecular complexity index is 1590. The van der Waals surface area contributed by atoms with Crippen LogP contribution in [-0.2, 0) is 28.6 Å². The highest BCUT2D eigenvalue weighted by Crippen LogP contribution is 2.15. The van der Waals surface area contributed by atoms with Crippen molar-refractivity contribution in [2.24, 2.45) is 0 Å². The predicted octanol–water partition coefficient (Wildman–Crippen LogP) is 21.6. The molecule has 0 spiro atoms. The van der Waals surface area contributed by atoms with E-state index in [1.165, 1.54) is 103 Å². The number of hydrogen-bond acceptors (Lipinski definition) is 6. The monoisotopic (exact) mass is 1050 g/mol. The molecule has 0 saturated heterocycles. The van der Waals surface area contributed by atoms with Crippen molar-refractivity contribution >= 4 is 17.9 Å². The Kier molecular flexibility index (Phi) is 59.9. The second-order valence-corrected chi connectivity index (χ2v) is 20.5. The zero-order chi connectivity index (χ0) is 55.0. The van der Waals surface area contributed by atoms with Crippen molar-refractivity contribution in [1.82, 2.24) is 0 Å². The van der Waals surface area contributed by atoms with Crippen LogP contribution in [0.1, 0.15) is 284 Å². The molecule has 6 heteroatoms. The average Bonchev–Trinajstić information content (AvgIpc) is 3.42. The number of carbonyl (C=O) groups excluding carboxylic acids is 3. The van der Waals surface area contributed by atoms with E-state index in [1.54, 1.807) is 0 Å². The number of allylic oxidation sites excluding steroid dienone is 20. The minimum absolute atomic E-state index is 0.0915. The molecule has 0 aliphatic heterocycles. The molecule has 1 unspecified atom stereocenters. The highest BCUT2D eigenvalue weighted by Gasteiger charge is 2.19. The third-order valence-electron chi connectivity index (χ3n) is 13.2. The lowest BCUT2D eigenvalue weighted by Crippen LogP contribution is -2.30. The number of rotatable bonds is 56. The van der Waals surface area contributed by atoms with Crippen LogP contribution in [0.3, 0.4) is 0 Å². The normalized spacial score (nSPS) is 12.9. The largest absolute Gasteiger partial charge is 0.462 e. The number of unbranched alkanes of at least 4 members (excludes halogenated alkanes) is 25. The van der Waals surface area contributed by atoms with Crippen molar-refractivity contribution in [2.45, 2.75) is 290 Å². The third-order valence-corrected chi connectivity index (χ3v) is 13.2. The van der Waals surface area contributed by atoms with E-state index in [9.17, 15) is 14.4 Å². The van der Waals surface area contributed by atoms with E-state index < -0.39 is 6.10 Å². The Morgan fingerprint density at radius 2 is 0.513 bits per heavy atom. The summed E-state index contributed by atoms with van der Waals surface area (Å²) < 4.78 is 16.9. The molecule has 6 nitrogen and oxygen atoms in total. The van der Waals surface area contributed by atoms with Crippen LogP contribution in [0.4, 0.5) is 0 Å². The Labute approximate surface area is 469 Å². The van der Waals surface area contributed by atoms with Gasteiger partial charge in [0.25, 0.3) is 0 Å². The lowest BCUT2D eigenvalue weighted by Gasteiger charge is -2.18. The highest BCUT2D eigenvalue weighted by molar-refractivity contribution is 5.71. The molecule has 0 aliphatic carbocycles. The molecule has 0 aromatic carbocycles. The van der Waals surface area contributed by atoms with Crippen molar-refractivity contribution < 1.29 is 28.6 Å². The fourth-order valence-electron chi connectivity index (χ4n) is 8.51. The minimum atomic E-state index is -0.795. The van der Waals surface area contributed by atoms with Crippen LogP contribution in [0.15, 0.2) is 122 Å². The maximum Gasteiger partial charge on any atom is 0.306 e.